The molecule has 0 aliphatic heterocycles. The van der Waals surface area contributed by atoms with Crippen LogP contribution in [0.1, 0.15) is 10.4 Å². The van der Waals surface area contributed by atoms with Gasteiger partial charge in [0.25, 0.3) is 11.6 Å². The number of amides is 1. The molecule has 0 bridgehead atoms. The molecule has 0 radical (unpaired) electrons. The third kappa shape index (κ3) is 4.07. The Balaban J connectivity index is 2.88. The van der Waals surface area contributed by atoms with E-state index in [4.69, 9.17) is 16.7 Å². The molecule has 0 aromatic heterocycles. The molecular formula is C10H8ClF3N2O4. The van der Waals surface area contributed by atoms with Crippen LogP contribution in [-0.2, 0) is 0 Å². The molecule has 0 heterocycles. The molecule has 0 aliphatic carbocycles. The van der Waals surface area contributed by atoms with E-state index in [-0.39, 0.29) is 5.02 Å². The van der Waals surface area contributed by atoms with Gasteiger partial charge in [-0.1, -0.05) is 11.6 Å². The van der Waals surface area contributed by atoms with Crippen LogP contribution in [0.25, 0.3) is 0 Å². The summed E-state index contributed by atoms with van der Waals surface area (Å²) in [5.41, 5.74) is -1.09. The zero-order valence-corrected chi connectivity index (χ0v) is 10.4. The van der Waals surface area contributed by atoms with Crippen molar-refractivity contribution in [1.29, 1.82) is 0 Å². The first-order chi connectivity index (χ1) is 9.12. The Morgan fingerprint density at radius 2 is 2.10 bits per heavy atom. The Hall–Kier alpha value is -1.87. The van der Waals surface area contributed by atoms with E-state index in [0.29, 0.717) is 0 Å². The molecule has 1 aromatic rings. The van der Waals surface area contributed by atoms with Crippen LogP contribution in [0.2, 0.25) is 5.02 Å². The van der Waals surface area contributed by atoms with Crippen LogP contribution in [-0.4, -0.2) is 34.8 Å². The Morgan fingerprint density at radius 3 is 2.60 bits per heavy atom. The Labute approximate surface area is 115 Å². The van der Waals surface area contributed by atoms with E-state index in [1.165, 1.54) is 6.07 Å². The standard InChI is InChI=1S/C10H8ClF3N2O4/c11-5-1-2-7(16(19)20)6(3-5)9(18)15-4-8(17)10(12,13)14/h1-3,8,17H,4H2,(H,15,18). The van der Waals surface area contributed by atoms with Gasteiger partial charge >= 0.3 is 6.18 Å². The first-order valence-corrected chi connectivity index (χ1v) is 5.47. The first-order valence-electron chi connectivity index (χ1n) is 5.10. The van der Waals surface area contributed by atoms with Gasteiger partial charge in [0.1, 0.15) is 5.56 Å². The van der Waals surface area contributed by atoms with Gasteiger partial charge in [0.15, 0.2) is 6.10 Å². The third-order valence-electron chi connectivity index (χ3n) is 2.23. The number of nitro groups is 1. The number of halogens is 4. The molecule has 0 saturated carbocycles. The number of nitro benzene ring substituents is 1. The van der Waals surface area contributed by atoms with Crippen molar-refractivity contribution >= 4 is 23.2 Å². The fourth-order valence-corrected chi connectivity index (χ4v) is 1.42. The predicted molar refractivity (Wildman–Crippen MR) is 62.5 cm³/mol. The second-order valence-electron chi connectivity index (χ2n) is 3.69. The minimum atomic E-state index is -4.90. The minimum absolute atomic E-state index is 0.0112. The van der Waals surface area contributed by atoms with Gasteiger partial charge in [0.05, 0.1) is 11.5 Å². The number of benzene rings is 1. The highest BCUT2D eigenvalue weighted by Gasteiger charge is 2.38. The van der Waals surface area contributed by atoms with Gasteiger partial charge in [-0.25, -0.2) is 0 Å². The maximum Gasteiger partial charge on any atom is 0.416 e. The van der Waals surface area contributed by atoms with E-state index in [0.717, 1.165) is 12.1 Å². The van der Waals surface area contributed by atoms with Crippen molar-refractivity contribution in [3.63, 3.8) is 0 Å². The highest BCUT2D eigenvalue weighted by molar-refractivity contribution is 6.31. The number of aliphatic hydroxyl groups excluding tert-OH is 1. The lowest BCUT2D eigenvalue weighted by Crippen LogP contribution is -2.40. The summed E-state index contributed by atoms with van der Waals surface area (Å²) in [6, 6.07) is 3.08. The quantitative estimate of drug-likeness (QED) is 0.656. The molecule has 6 nitrogen and oxygen atoms in total. The monoisotopic (exact) mass is 312 g/mol. The van der Waals surface area contributed by atoms with Gasteiger partial charge in [-0.15, -0.1) is 0 Å². The Morgan fingerprint density at radius 1 is 1.50 bits per heavy atom. The van der Waals surface area contributed by atoms with Gasteiger partial charge in [-0.2, -0.15) is 13.2 Å². The summed E-state index contributed by atoms with van der Waals surface area (Å²) in [5.74, 6) is -1.14. The molecule has 1 amide bonds. The van der Waals surface area contributed by atoms with Crippen molar-refractivity contribution in [2.45, 2.75) is 12.3 Å². The van der Waals surface area contributed by atoms with Gasteiger partial charge in [-0.3, -0.25) is 14.9 Å². The molecule has 1 rings (SSSR count). The summed E-state index contributed by atoms with van der Waals surface area (Å²) in [5, 5.41) is 21.2. The van der Waals surface area contributed by atoms with E-state index in [2.05, 4.69) is 0 Å². The topological polar surface area (TPSA) is 92.5 Å². The lowest BCUT2D eigenvalue weighted by Gasteiger charge is -2.15. The van der Waals surface area contributed by atoms with Crippen LogP contribution in [0, 0.1) is 10.1 Å². The lowest BCUT2D eigenvalue weighted by molar-refractivity contribution is -0.385. The van der Waals surface area contributed by atoms with E-state index >= 15 is 0 Å². The summed E-state index contributed by atoms with van der Waals surface area (Å²) in [6.07, 6.45) is -7.65. The van der Waals surface area contributed by atoms with Crippen LogP contribution < -0.4 is 5.32 Å². The van der Waals surface area contributed by atoms with Gasteiger partial charge in [0, 0.05) is 11.1 Å². The number of aliphatic hydroxyl groups is 1. The van der Waals surface area contributed by atoms with Crippen molar-refractivity contribution in [3.8, 4) is 0 Å². The highest BCUT2D eigenvalue weighted by atomic mass is 35.5. The van der Waals surface area contributed by atoms with Crippen LogP contribution >= 0.6 is 11.6 Å². The number of hydrogen-bond donors (Lipinski definition) is 2. The summed E-state index contributed by atoms with van der Waals surface area (Å²) in [7, 11) is 0. The second kappa shape index (κ2) is 6.06. The molecule has 1 aromatic carbocycles. The number of carbonyl (C=O) groups is 1. The molecule has 110 valence electrons. The fraction of sp³-hybridized carbons (Fsp3) is 0.300. The van der Waals surface area contributed by atoms with Gasteiger partial charge in [-0.05, 0) is 12.1 Å². The maximum atomic E-state index is 12.0. The van der Waals surface area contributed by atoms with Crippen LogP contribution in [0.4, 0.5) is 18.9 Å². The van der Waals surface area contributed by atoms with Crippen LogP contribution in [0.3, 0.4) is 0 Å². The Kier molecular flexibility index (Phi) is 4.90. The number of nitrogens with zero attached hydrogens (tertiary/aromatic N) is 1. The van der Waals surface area contributed by atoms with Crippen molar-refractivity contribution in [1.82, 2.24) is 5.32 Å². The number of hydrogen-bond acceptors (Lipinski definition) is 4. The molecule has 0 saturated heterocycles. The van der Waals surface area contributed by atoms with Crippen molar-refractivity contribution in [3.05, 3.63) is 38.9 Å². The van der Waals surface area contributed by atoms with E-state index in [1.54, 1.807) is 5.32 Å². The number of alkyl halides is 3. The molecule has 0 aliphatic rings. The Bertz CT molecular complexity index is 536. The highest BCUT2D eigenvalue weighted by Crippen LogP contribution is 2.23. The molecule has 10 heteroatoms. The summed E-state index contributed by atoms with van der Waals surface area (Å²) >= 11 is 5.57. The average molecular weight is 313 g/mol. The van der Waals surface area contributed by atoms with Crippen LogP contribution in [0.15, 0.2) is 18.2 Å². The smallest absolute Gasteiger partial charge is 0.382 e. The molecule has 20 heavy (non-hydrogen) atoms. The molecule has 1 atom stereocenters. The molecule has 1 unspecified atom stereocenters. The summed E-state index contributed by atoms with van der Waals surface area (Å²) < 4.78 is 36.1. The fourth-order valence-electron chi connectivity index (χ4n) is 1.25. The second-order valence-corrected chi connectivity index (χ2v) is 4.12. The number of rotatable bonds is 4. The lowest BCUT2D eigenvalue weighted by atomic mass is 10.1. The SMILES string of the molecule is O=C(NCC(O)C(F)(F)F)c1cc(Cl)ccc1[N+](=O)[O-]. The molecule has 0 fully saturated rings. The van der Waals surface area contributed by atoms with Crippen molar-refractivity contribution in [2.75, 3.05) is 6.54 Å². The zero-order chi connectivity index (χ0) is 15.5. The van der Waals surface area contributed by atoms with E-state index in [9.17, 15) is 28.1 Å². The largest absolute Gasteiger partial charge is 0.416 e. The normalized spacial score (nSPS) is 12.8. The summed E-state index contributed by atoms with van der Waals surface area (Å²) in [6.45, 7) is -1.12. The van der Waals surface area contributed by atoms with E-state index < -0.39 is 40.9 Å². The van der Waals surface area contributed by atoms with Crippen molar-refractivity contribution in [2.24, 2.45) is 0 Å². The number of nitrogens with one attached hydrogen (secondary N) is 1. The number of carbonyl (C=O) groups excluding carboxylic acids is 1. The average Bonchev–Trinajstić information content (AvgIpc) is 2.33. The predicted octanol–water partition coefficient (Wildman–Crippen LogP) is 1.90. The zero-order valence-electron chi connectivity index (χ0n) is 9.65. The summed E-state index contributed by atoms with van der Waals surface area (Å²) in [4.78, 5) is 21.4. The molecule has 2 N–H and O–H groups in total. The first kappa shape index (κ1) is 16.2. The van der Waals surface area contributed by atoms with Gasteiger partial charge in [0.2, 0.25) is 0 Å². The maximum absolute atomic E-state index is 12.0. The minimum Gasteiger partial charge on any atom is -0.382 e. The van der Waals surface area contributed by atoms with Crippen molar-refractivity contribution < 1.29 is 28.0 Å². The van der Waals surface area contributed by atoms with Gasteiger partial charge < -0.3 is 10.4 Å². The molecule has 0 spiro atoms. The third-order valence-corrected chi connectivity index (χ3v) is 2.47. The molecular weight excluding hydrogens is 305 g/mol. The van der Waals surface area contributed by atoms with Crippen LogP contribution in [0.5, 0.6) is 0 Å². The van der Waals surface area contributed by atoms with E-state index in [1.807, 2.05) is 0 Å².